The van der Waals surface area contributed by atoms with Crippen molar-refractivity contribution < 1.29 is 66.8 Å². The maximum atomic E-state index is 13.9. The highest BCUT2D eigenvalue weighted by molar-refractivity contribution is 6.37. The Morgan fingerprint density at radius 1 is 0.191 bits per heavy atom. The Morgan fingerprint density at radius 2 is 0.383 bits per heavy atom. The molecule has 0 saturated carbocycles. The molecule has 0 aromatic heterocycles. The number of hydrogen-bond donors (Lipinski definition) is 0. The molecule has 13 aromatic carbocycles. The van der Waals surface area contributed by atoms with Crippen molar-refractivity contribution in [3.05, 3.63) is 381 Å². The number of imide groups is 4. The molecular formula is C97H74N4O14. The second-order valence-electron chi connectivity index (χ2n) is 29.6. The highest BCUT2D eigenvalue weighted by Gasteiger charge is 2.42. The van der Waals surface area contributed by atoms with Gasteiger partial charge in [-0.1, -0.05) is 157 Å². The molecule has 18 heteroatoms. The molecule has 13 aromatic rings. The first-order chi connectivity index (χ1) is 55.4. The van der Waals surface area contributed by atoms with Gasteiger partial charge in [0, 0.05) is 16.2 Å². The summed E-state index contributed by atoms with van der Waals surface area (Å²) < 4.78 is 35.2. The van der Waals surface area contributed by atoms with Crippen LogP contribution in [0, 0.1) is 0 Å². The van der Waals surface area contributed by atoms with Crippen molar-refractivity contribution in [1.82, 2.24) is 0 Å². The van der Waals surface area contributed by atoms with E-state index >= 15 is 0 Å². The number of carbonyl (C=O) groups is 8. The second-order valence-corrected chi connectivity index (χ2v) is 29.6. The van der Waals surface area contributed by atoms with Gasteiger partial charge in [-0.05, 0) is 221 Å². The lowest BCUT2D eigenvalue weighted by Gasteiger charge is -2.26. The third kappa shape index (κ3) is 14.0. The van der Waals surface area contributed by atoms with Crippen molar-refractivity contribution in [1.29, 1.82) is 0 Å². The molecule has 0 atom stereocenters. The second kappa shape index (κ2) is 29.8. The largest absolute Gasteiger partial charge is 0.497 e. The lowest BCUT2D eigenvalue weighted by molar-refractivity contribution is 0.0909. The van der Waals surface area contributed by atoms with Gasteiger partial charge < -0.3 is 28.4 Å². The van der Waals surface area contributed by atoms with Crippen LogP contribution in [0.4, 0.5) is 22.7 Å². The molecule has 0 fully saturated rings. The summed E-state index contributed by atoms with van der Waals surface area (Å²) in [7, 11) is 3.29. The molecule has 4 heterocycles. The monoisotopic (exact) mass is 1520 g/mol. The Balaban J connectivity index is 0.000000177. The first kappa shape index (κ1) is 74.3. The van der Waals surface area contributed by atoms with Crippen LogP contribution in [-0.4, -0.2) is 61.5 Å². The number of para-hydroxylation sites is 2. The Hall–Kier alpha value is -14.8. The predicted molar refractivity (Wildman–Crippen MR) is 438 cm³/mol. The van der Waals surface area contributed by atoms with Gasteiger partial charge in [-0.25, -0.2) is 19.6 Å². The Labute approximate surface area is 663 Å². The third-order valence-electron chi connectivity index (χ3n) is 21.7. The molecular weight excluding hydrogens is 1450 g/mol. The Kier molecular flexibility index (Phi) is 19.3. The Morgan fingerprint density at radius 3 is 0.609 bits per heavy atom. The summed E-state index contributed by atoms with van der Waals surface area (Å²) in [5.41, 5.74) is 9.17. The number of anilines is 4. The fourth-order valence-electron chi connectivity index (χ4n) is 14.8. The van der Waals surface area contributed by atoms with Crippen molar-refractivity contribution >= 4 is 70.0 Å². The zero-order valence-corrected chi connectivity index (χ0v) is 63.9. The minimum atomic E-state index is -0.555. The summed E-state index contributed by atoms with van der Waals surface area (Å²) in [6.07, 6.45) is 0. The summed E-state index contributed by atoms with van der Waals surface area (Å²) in [4.78, 5) is 112. The Bertz CT molecular complexity index is 5700. The molecule has 0 N–H and O–H groups in total. The summed E-state index contributed by atoms with van der Waals surface area (Å²) in [6.45, 7) is 12.8. The van der Waals surface area contributed by atoms with Crippen LogP contribution in [0.1, 0.15) is 158 Å². The molecule has 566 valence electrons. The SMILES string of the molecule is CC(C)(c1ccc(Oc2ccc3c(c2)C(=O)N(c2ccccc2)C3=O)cc1)c1ccc(Oc2ccc3c(c2)C(=O)N(c2ccccc2)C3=O)cc1.COc1ccc(C(C)(C)c2ccc(Oc3ccc4c(c3)C(=O)N(c3cccc(N5C(=O)c6ccc(Oc7ccc(C(C)(C)c8ccc(OC)cc8)cc7)cc6C5=O)c3)C4=O)cc2)cc1. The molecule has 115 heavy (non-hydrogen) atoms. The van der Waals surface area contributed by atoms with E-state index in [1.54, 1.807) is 154 Å². The number of amides is 8. The van der Waals surface area contributed by atoms with Crippen molar-refractivity contribution in [2.75, 3.05) is 33.8 Å². The van der Waals surface area contributed by atoms with Crippen molar-refractivity contribution in [3.63, 3.8) is 0 Å². The number of rotatable bonds is 20. The van der Waals surface area contributed by atoms with Crippen LogP contribution in [0.25, 0.3) is 0 Å². The van der Waals surface area contributed by atoms with Gasteiger partial charge in [0.05, 0.1) is 81.5 Å². The van der Waals surface area contributed by atoms with E-state index in [9.17, 15) is 38.4 Å². The number of benzene rings is 13. The van der Waals surface area contributed by atoms with Crippen LogP contribution in [0.3, 0.4) is 0 Å². The molecule has 0 saturated heterocycles. The van der Waals surface area contributed by atoms with Crippen molar-refractivity contribution in [2.24, 2.45) is 0 Å². The fraction of sp³-hybridized carbons (Fsp3) is 0.113. The van der Waals surface area contributed by atoms with E-state index in [4.69, 9.17) is 28.4 Å². The van der Waals surface area contributed by atoms with E-state index in [0.717, 1.165) is 54.7 Å². The number of methoxy groups -OCH3 is 2. The smallest absolute Gasteiger partial charge is 0.266 e. The number of hydrogen-bond acceptors (Lipinski definition) is 14. The highest BCUT2D eigenvalue weighted by Crippen LogP contribution is 2.43. The maximum Gasteiger partial charge on any atom is 0.266 e. The minimum Gasteiger partial charge on any atom is -0.497 e. The maximum absolute atomic E-state index is 13.9. The molecule has 4 aliphatic heterocycles. The van der Waals surface area contributed by atoms with Crippen LogP contribution in [0.5, 0.6) is 57.5 Å². The van der Waals surface area contributed by atoms with E-state index in [1.165, 1.54) is 15.9 Å². The lowest BCUT2D eigenvalue weighted by Crippen LogP contribution is -2.31. The first-order valence-electron chi connectivity index (χ1n) is 37.2. The molecule has 4 aliphatic rings. The molecule has 0 aliphatic carbocycles. The number of nitrogens with zero attached hydrogens (tertiary/aromatic N) is 4. The van der Waals surface area contributed by atoms with Gasteiger partial charge in [0.15, 0.2) is 0 Å². The minimum absolute atomic E-state index is 0.175. The zero-order chi connectivity index (χ0) is 80.2. The number of ether oxygens (including phenoxy) is 6. The lowest BCUT2D eigenvalue weighted by atomic mass is 9.78. The molecule has 0 spiro atoms. The first-order valence-corrected chi connectivity index (χ1v) is 37.2. The molecule has 17 rings (SSSR count). The topological polar surface area (TPSA) is 205 Å². The normalized spacial score (nSPS) is 13.6. The van der Waals surface area contributed by atoms with Gasteiger partial charge in [0.25, 0.3) is 47.3 Å². The van der Waals surface area contributed by atoms with Crippen LogP contribution in [0.2, 0.25) is 0 Å². The molecule has 0 unspecified atom stereocenters. The number of fused-ring (bicyclic) bond motifs is 4. The summed E-state index contributed by atoms with van der Waals surface area (Å²) >= 11 is 0. The van der Waals surface area contributed by atoms with E-state index in [-0.39, 0.29) is 73.5 Å². The predicted octanol–water partition coefficient (Wildman–Crippen LogP) is 20.7. The number of carbonyl (C=O) groups excluding carboxylic acids is 8. The molecule has 18 nitrogen and oxygen atoms in total. The van der Waals surface area contributed by atoms with Gasteiger partial charge in [-0.2, -0.15) is 0 Å². The molecule has 8 amide bonds. The molecule has 0 bridgehead atoms. The van der Waals surface area contributed by atoms with Crippen LogP contribution >= 0.6 is 0 Å². The fourth-order valence-corrected chi connectivity index (χ4v) is 14.8. The van der Waals surface area contributed by atoms with Crippen LogP contribution in [-0.2, 0) is 16.2 Å². The van der Waals surface area contributed by atoms with Gasteiger partial charge in [-0.15, -0.1) is 0 Å². The average Bonchev–Trinajstić information content (AvgIpc) is 1.62. The standard InChI is InChI=1S/C54H44N2O8.C43H30N2O6/c1-53(2,33-10-18-39(61-5)19-11-33)35-14-22-41(23-15-35)63-43-26-28-45-47(31-43)51(59)55(49(45)57)37-8-7-9-38(30-37)56-50(58)46-29-27-44(32-48(46)52(56)60)64-42-24-16-36(17-25-42)54(3,4)34-12-20-40(62-6)21-13-34;1-43(2,27-13-17-31(18-14-27)50-33-21-23-35-37(25-33)41(48)44(39(35)46)29-9-5-3-6-10-29)28-15-19-32(20-16-28)51-34-22-24-36-38(26-34)42(49)45(40(36)47)30-11-7-4-8-12-30/h7-32H,1-6H3;3-26H,1-2H3. The summed E-state index contributed by atoms with van der Waals surface area (Å²) in [5.74, 6) is 1.95. The van der Waals surface area contributed by atoms with Gasteiger partial charge in [-0.3, -0.25) is 38.4 Å². The van der Waals surface area contributed by atoms with Crippen molar-refractivity contribution in [3.8, 4) is 57.5 Å². The van der Waals surface area contributed by atoms with Gasteiger partial charge >= 0.3 is 0 Å². The van der Waals surface area contributed by atoms with E-state index in [2.05, 4.69) is 65.8 Å². The van der Waals surface area contributed by atoms with E-state index in [0.29, 0.717) is 79.6 Å². The zero-order valence-electron chi connectivity index (χ0n) is 63.9. The highest BCUT2D eigenvalue weighted by atomic mass is 16.5. The summed E-state index contributed by atoms with van der Waals surface area (Å²) in [5, 5.41) is 0. The van der Waals surface area contributed by atoms with Gasteiger partial charge in [0.2, 0.25) is 0 Å². The average molecular weight is 1520 g/mol. The molecule has 0 radical (unpaired) electrons. The van der Waals surface area contributed by atoms with Crippen LogP contribution < -0.4 is 48.0 Å². The van der Waals surface area contributed by atoms with E-state index < -0.39 is 23.6 Å². The van der Waals surface area contributed by atoms with Crippen LogP contribution in [0.15, 0.2) is 303 Å². The quantitative estimate of drug-likeness (QED) is 0.0651. The van der Waals surface area contributed by atoms with E-state index in [1.807, 2.05) is 133 Å². The third-order valence-corrected chi connectivity index (χ3v) is 21.7. The van der Waals surface area contributed by atoms with Gasteiger partial charge in [0.1, 0.15) is 57.5 Å². The summed E-state index contributed by atoms with van der Waals surface area (Å²) in [6, 6.07) is 90.4. The van der Waals surface area contributed by atoms with Crippen molar-refractivity contribution in [2.45, 2.75) is 57.8 Å².